The number of phenolic OH excluding ortho intramolecular Hbond substituents is 1. The molecule has 172 valence electrons. The van der Waals surface area contributed by atoms with Crippen molar-refractivity contribution in [3.63, 3.8) is 0 Å². The van der Waals surface area contributed by atoms with Crippen LogP contribution in [0.2, 0.25) is 0 Å². The summed E-state index contributed by atoms with van der Waals surface area (Å²) in [7, 11) is 3.72. The zero-order valence-corrected chi connectivity index (χ0v) is 19.7. The zero-order valence-electron chi connectivity index (χ0n) is 19.7. The molecule has 3 aromatic rings. The minimum atomic E-state index is 0.154. The van der Waals surface area contributed by atoms with E-state index in [1.165, 1.54) is 12.8 Å². The van der Waals surface area contributed by atoms with Crippen LogP contribution in [0.4, 0.5) is 5.82 Å². The maximum Gasteiger partial charge on any atom is 0.151 e. The van der Waals surface area contributed by atoms with E-state index in [1.54, 1.807) is 25.6 Å². The third kappa shape index (κ3) is 4.13. The van der Waals surface area contributed by atoms with Gasteiger partial charge in [-0.1, -0.05) is 6.07 Å². The van der Waals surface area contributed by atoms with Gasteiger partial charge in [0.05, 0.1) is 19.0 Å². The van der Waals surface area contributed by atoms with Crippen LogP contribution in [0, 0.1) is 0 Å². The predicted molar refractivity (Wildman–Crippen MR) is 130 cm³/mol. The molecule has 0 amide bonds. The molecule has 7 heteroatoms. The molecule has 1 aromatic carbocycles. The largest absolute Gasteiger partial charge is 0.507 e. The van der Waals surface area contributed by atoms with E-state index in [1.807, 2.05) is 30.3 Å². The maximum absolute atomic E-state index is 10.7. The van der Waals surface area contributed by atoms with Crippen LogP contribution >= 0.6 is 0 Å². The van der Waals surface area contributed by atoms with Gasteiger partial charge in [-0.15, -0.1) is 10.2 Å². The Morgan fingerprint density at radius 1 is 1.00 bits per heavy atom. The van der Waals surface area contributed by atoms with Crippen LogP contribution in [-0.4, -0.2) is 51.6 Å². The normalized spacial score (nSPS) is 26.2. The third-order valence-electron chi connectivity index (χ3n) is 7.32. The van der Waals surface area contributed by atoms with Gasteiger partial charge in [0.2, 0.25) is 0 Å². The van der Waals surface area contributed by atoms with E-state index in [0.29, 0.717) is 23.0 Å². The first-order valence-corrected chi connectivity index (χ1v) is 11.5. The van der Waals surface area contributed by atoms with Crippen LogP contribution in [0.25, 0.3) is 22.4 Å². The highest BCUT2D eigenvalue weighted by Crippen LogP contribution is 2.44. The highest BCUT2D eigenvalue weighted by molar-refractivity contribution is 5.74. The third-order valence-corrected chi connectivity index (χ3v) is 7.32. The molecule has 2 aromatic heterocycles. The van der Waals surface area contributed by atoms with Crippen molar-refractivity contribution in [3.8, 4) is 33.9 Å². The fourth-order valence-electron chi connectivity index (χ4n) is 5.56. The first-order valence-electron chi connectivity index (χ1n) is 11.5. The summed E-state index contributed by atoms with van der Waals surface area (Å²) >= 11 is 0. The van der Waals surface area contributed by atoms with Crippen LogP contribution in [0.5, 0.6) is 11.5 Å². The van der Waals surface area contributed by atoms with E-state index in [0.717, 1.165) is 29.8 Å². The van der Waals surface area contributed by atoms with E-state index in [2.05, 4.69) is 46.3 Å². The lowest BCUT2D eigenvalue weighted by molar-refractivity contribution is 0.207. The number of hydrogen-bond acceptors (Lipinski definition) is 7. The molecule has 0 saturated carbocycles. The van der Waals surface area contributed by atoms with Crippen LogP contribution in [-0.2, 0) is 0 Å². The second-order valence-electron chi connectivity index (χ2n) is 10.0. The second-order valence-corrected chi connectivity index (χ2v) is 10.0. The fraction of sp³-hybridized carbons (Fsp3) is 0.423. The van der Waals surface area contributed by atoms with E-state index in [4.69, 9.17) is 4.74 Å². The predicted octanol–water partition coefficient (Wildman–Crippen LogP) is 4.42. The van der Waals surface area contributed by atoms with Gasteiger partial charge in [-0.2, -0.15) is 0 Å². The summed E-state index contributed by atoms with van der Waals surface area (Å²) < 4.78 is 5.25. The number of methoxy groups -OCH3 is 1. The van der Waals surface area contributed by atoms with Crippen molar-refractivity contribution in [2.45, 2.75) is 56.7 Å². The van der Waals surface area contributed by atoms with E-state index in [9.17, 15) is 5.11 Å². The van der Waals surface area contributed by atoms with Crippen LogP contribution < -0.4 is 15.0 Å². The highest BCUT2D eigenvalue weighted by atomic mass is 16.5. The molecule has 0 radical (unpaired) electrons. The Hall–Kier alpha value is -3.19. The average molecular weight is 446 g/mol. The number of benzene rings is 1. The van der Waals surface area contributed by atoms with Crippen LogP contribution in [0.1, 0.15) is 39.5 Å². The second kappa shape index (κ2) is 7.99. The smallest absolute Gasteiger partial charge is 0.151 e. The number of nitrogens with one attached hydrogen (secondary N) is 1. The lowest BCUT2D eigenvalue weighted by Crippen LogP contribution is -2.58. The van der Waals surface area contributed by atoms with Crippen LogP contribution in [0.15, 0.2) is 48.8 Å². The van der Waals surface area contributed by atoms with Crippen molar-refractivity contribution in [2.24, 2.45) is 0 Å². The minimum Gasteiger partial charge on any atom is -0.507 e. The Morgan fingerprint density at radius 2 is 1.76 bits per heavy atom. The van der Waals surface area contributed by atoms with Gasteiger partial charge in [0.25, 0.3) is 0 Å². The molecule has 33 heavy (non-hydrogen) atoms. The van der Waals surface area contributed by atoms with E-state index >= 15 is 0 Å². The number of anilines is 1. The Kier molecular flexibility index (Phi) is 5.24. The number of hydrogen-bond donors (Lipinski definition) is 2. The summed E-state index contributed by atoms with van der Waals surface area (Å²) in [6, 6.07) is 11.8. The van der Waals surface area contributed by atoms with Crippen LogP contribution in [0.3, 0.4) is 0 Å². The summed E-state index contributed by atoms with van der Waals surface area (Å²) in [4.78, 5) is 6.45. The molecule has 2 saturated heterocycles. The van der Waals surface area contributed by atoms with Crippen molar-refractivity contribution < 1.29 is 9.84 Å². The minimum absolute atomic E-state index is 0.154. The molecule has 2 aliphatic rings. The fourth-order valence-corrected chi connectivity index (χ4v) is 5.56. The number of aromatic hydroxyl groups is 1. The van der Waals surface area contributed by atoms with Gasteiger partial charge in [0.1, 0.15) is 11.5 Å². The van der Waals surface area contributed by atoms with Crippen molar-refractivity contribution in [3.05, 3.63) is 48.8 Å². The standard InChI is InChI=1S/C26H31N5O2/c1-25-9-10-26(2,30-25)14-19(13-25)31(3)24-8-7-22(28-29-24)21-6-5-17(12-23(21)32)18-11-20(33-4)16-27-15-18/h5-8,11-12,15-16,19,30,32H,9-10,13-14H2,1-4H3/t19-,25-,26+. The summed E-state index contributed by atoms with van der Waals surface area (Å²) in [5, 5.41) is 23.5. The Bertz CT molecular complexity index is 1150. The highest BCUT2D eigenvalue weighted by Gasteiger charge is 2.49. The van der Waals surface area contributed by atoms with Gasteiger partial charge < -0.3 is 20.1 Å². The molecule has 5 rings (SSSR count). The molecular formula is C26H31N5O2. The molecule has 2 aliphatic heterocycles. The lowest BCUT2D eigenvalue weighted by atomic mass is 9.84. The van der Waals surface area contributed by atoms with Crippen molar-refractivity contribution >= 4 is 5.82 Å². The lowest BCUT2D eigenvalue weighted by Gasteiger charge is -2.45. The number of aromatic nitrogens is 3. The molecule has 7 nitrogen and oxygen atoms in total. The van der Waals surface area contributed by atoms with Gasteiger partial charge in [-0.3, -0.25) is 4.98 Å². The molecule has 2 fully saturated rings. The SMILES string of the molecule is COc1cncc(-c2ccc(-c3ccc(N(C)[C@H]4C[C@]5(C)CC[C@](C)(C4)N5)nn3)c(O)c2)c1. The zero-order chi connectivity index (χ0) is 23.2. The summed E-state index contributed by atoms with van der Waals surface area (Å²) in [6.07, 6.45) is 8.04. The number of phenols is 1. The number of rotatable bonds is 5. The summed E-state index contributed by atoms with van der Waals surface area (Å²) in [5.41, 5.74) is 3.42. The average Bonchev–Trinajstić information content (AvgIpc) is 3.05. The molecule has 2 N–H and O–H groups in total. The Morgan fingerprint density at radius 3 is 2.39 bits per heavy atom. The molecular weight excluding hydrogens is 414 g/mol. The quantitative estimate of drug-likeness (QED) is 0.601. The first kappa shape index (κ1) is 21.6. The van der Waals surface area contributed by atoms with Gasteiger partial charge in [-0.05, 0) is 75.4 Å². The molecule has 0 aliphatic carbocycles. The first-order chi connectivity index (χ1) is 15.8. The topological polar surface area (TPSA) is 83.4 Å². The van der Waals surface area contributed by atoms with Gasteiger partial charge >= 0.3 is 0 Å². The number of pyridine rings is 1. The number of ether oxygens (including phenoxy) is 1. The van der Waals surface area contributed by atoms with Gasteiger partial charge in [0.15, 0.2) is 5.82 Å². The molecule has 0 unspecified atom stereocenters. The molecule has 3 atom stereocenters. The summed E-state index contributed by atoms with van der Waals surface area (Å²) in [5.74, 6) is 1.68. The van der Waals surface area contributed by atoms with Gasteiger partial charge in [0, 0.05) is 41.5 Å². The number of piperidine rings is 1. The molecule has 0 spiro atoms. The van der Waals surface area contributed by atoms with E-state index < -0.39 is 0 Å². The maximum atomic E-state index is 10.7. The Balaban J connectivity index is 1.35. The molecule has 2 bridgehead atoms. The number of nitrogens with zero attached hydrogens (tertiary/aromatic N) is 4. The van der Waals surface area contributed by atoms with Crippen molar-refractivity contribution in [1.29, 1.82) is 0 Å². The monoisotopic (exact) mass is 445 g/mol. The summed E-state index contributed by atoms with van der Waals surface area (Å²) in [6.45, 7) is 4.67. The van der Waals surface area contributed by atoms with Crippen molar-refractivity contribution in [2.75, 3.05) is 19.1 Å². The van der Waals surface area contributed by atoms with Crippen molar-refractivity contribution in [1.82, 2.24) is 20.5 Å². The van der Waals surface area contributed by atoms with E-state index in [-0.39, 0.29) is 16.8 Å². The van der Waals surface area contributed by atoms with Gasteiger partial charge in [-0.25, -0.2) is 0 Å². The Labute approximate surface area is 194 Å². The molecule has 4 heterocycles. The number of fused-ring (bicyclic) bond motifs is 2.